The minimum atomic E-state index is 0. The molecule has 0 radical (unpaired) electrons. The van der Waals surface area contributed by atoms with E-state index in [4.69, 9.17) is 4.74 Å². The zero-order valence-corrected chi connectivity index (χ0v) is 13.7. The van der Waals surface area contributed by atoms with Gasteiger partial charge in [0, 0.05) is 14.1 Å². The molecule has 0 unspecified atom stereocenters. The normalized spacial score (nSPS) is 10.6. The number of guanidine groups is 1. The van der Waals surface area contributed by atoms with Crippen molar-refractivity contribution in [2.75, 3.05) is 27.2 Å². The molecule has 0 bridgehead atoms. The number of hydrogen-bond donors (Lipinski definition) is 2. The van der Waals surface area contributed by atoms with Crippen molar-refractivity contribution in [1.82, 2.24) is 10.6 Å². The topological polar surface area (TPSA) is 45.7 Å². The van der Waals surface area contributed by atoms with E-state index in [1.54, 1.807) is 7.05 Å². The van der Waals surface area contributed by atoms with E-state index < -0.39 is 0 Å². The molecular formula is C13H22IN3O. The number of ether oxygens (including phenoxy) is 1. The third-order valence-corrected chi connectivity index (χ3v) is 2.51. The summed E-state index contributed by atoms with van der Waals surface area (Å²) in [6.07, 6.45) is 0. The summed E-state index contributed by atoms with van der Waals surface area (Å²) >= 11 is 0. The summed E-state index contributed by atoms with van der Waals surface area (Å²) in [4.78, 5) is 4.03. The molecule has 4 nitrogen and oxygen atoms in total. The quantitative estimate of drug-likeness (QED) is 0.373. The second kappa shape index (κ2) is 9.02. The molecule has 1 aromatic rings. The molecule has 0 aliphatic heterocycles. The van der Waals surface area contributed by atoms with E-state index in [1.807, 2.05) is 13.1 Å². The molecule has 0 aliphatic carbocycles. The van der Waals surface area contributed by atoms with Crippen molar-refractivity contribution in [3.63, 3.8) is 0 Å². The standard InChI is InChI=1S/C13H21N3O.HI/c1-10-6-5-7-11(2)12(10)17-9-8-16-13(14-3)15-4;/h5-7H,8-9H2,1-4H3,(H2,14,15,16);1H. The molecule has 0 saturated carbocycles. The number of halogens is 1. The number of rotatable bonds is 4. The van der Waals surface area contributed by atoms with Gasteiger partial charge in [-0.2, -0.15) is 0 Å². The Balaban J connectivity index is 0.00000289. The van der Waals surface area contributed by atoms with E-state index in [-0.39, 0.29) is 24.0 Å². The van der Waals surface area contributed by atoms with Crippen LogP contribution in [-0.2, 0) is 0 Å². The highest BCUT2D eigenvalue weighted by atomic mass is 127. The molecule has 0 fully saturated rings. The molecule has 0 atom stereocenters. The molecule has 0 saturated heterocycles. The Labute approximate surface area is 126 Å². The summed E-state index contributed by atoms with van der Waals surface area (Å²) in [5.74, 6) is 1.75. The molecular weight excluding hydrogens is 341 g/mol. The highest BCUT2D eigenvalue weighted by Gasteiger charge is 2.02. The van der Waals surface area contributed by atoms with Gasteiger partial charge in [0.25, 0.3) is 0 Å². The average Bonchev–Trinajstić information content (AvgIpc) is 2.32. The van der Waals surface area contributed by atoms with Gasteiger partial charge >= 0.3 is 0 Å². The highest BCUT2D eigenvalue weighted by molar-refractivity contribution is 14.0. The Morgan fingerprint density at radius 2 is 1.89 bits per heavy atom. The van der Waals surface area contributed by atoms with Crippen LogP contribution < -0.4 is 15.4 Å². The lowest BCUT2D eigenvalue weighted by Gasteiger charge is -2.13. The Bertz CT molecular complexity index is 374. The van der Waals surface area contributed by atoms with Crippen LogP contribution in [0.5, 0.6) is 5.75 Å². The molecule has 102 valence electrons. The smallest absolute Gasteiger partial charge is 0.190 e. The predicted octanol–water partition coefficient (Wildman–Crippen LogP) is 2.10. The van der Waals surface area contributed by atoms with Crippen molar-refractivity contribution in [2.45, 2.75) is 13.8 Å². The lowest BCUT2D eigenvalue weighted by molar-refractivity contribution is 0.318. The summed E-state index contributed by atoms with van der Waals surface area (Å²) in [5, 5.41) is 6.10. The molecule has 18 heavy (non-hydrogen) atoms. The van der Waals surface area contributed by atoms with Gasteiger partial charge in [-0.1, -0.05) is 18.2 Å². The first-order valence-electron chi connectivity index (χ1n) is 5.76. The molecule has 0 amide bonds. The molecule has 2 N–H and O–H groups in total. The van der Waals surface area contributed by atoms with Crippen LogP contribution in [0.4, 0.5) is 0 Å². The van der Waals surface area contributed by atoms with Gasteiger partial charge in [-0.3, -0.25) is 4.99 Å². The number of hydrogen-bond acceptors (Lipinski definition) is 2. The molecule has 5 heteroatoms. The van der Waals surface area contributed by atoms with E-state index in [2.05, 4.69) is 41.6 Å². The van der Waals surface area contributed by atoms with Crippen molar-refractivity contribution in [3.8, 4) is 5.75 Å². The van der Waals surface area contributed by atoms with Gasteiger partial charge in [-0.05, 0) is 25.0 Å². The highest BCUT2D eigenvalue weighted by Crippen LogP contribution is 2.21. The van der Waals surface area contributed by atoms with E-state index >= 15 is 0 Å². The predicted molar refractivity (Wildman–Crippen MR) is 87.2 cm³/mol. The fourth-order valence-corrected chi connectivity index (χ4v) is 1.63. The van der Waals surface area contributed by atoms with Crippen LogP contribution in [0.25, 0.3) is 0 Å². The maximum atomic E-state index is 5.76. The monoisotopic (exact) mass is 363 g/mol. The van der Waals surface area contributed by atoms with Gasteiger partial charge in [0.1, 0.15) is 12.4 Å². The van der Waals surface area contributed by atoms with Crippen LogP contribution in [0.15, 0.2) is 23.2 Å². The van der Waals surface area contributed by atoms with Crippen molar-refractivity contribution >= 4 is 29.9 Å². The van der Waals surface area contributed by atoms with Crippen LogP contribution >= 0.6 is 24.0 Å². The Kier molecular flexibility index (Phi) is 8.53. The molecule has 1 aromatic carbocycles. The summed E-state index contributed by atoms with van der Waals surface area (Å²) in [7, 11) is 3.58. The van der Waals surface area contributed by atoms with Crippen molar-refractivity contribution in [3.05, 3.63) is 29.3 Å². The zero-order chi connectivity index (χ0) is 12.7. The molecule has 0 heterocycles. The van der Waals surface area contributed by atoms with Crippen molar-refractivity contribution in [1.29, 1.82) is 0 Å². The summed E-state index contributed by atoms with van der Waals surface area (Å²) in [6, 6.07) is 6.16. The van der Waals surface area contributed by atoms with Gasteiger partial charge in [-0.25, -0.2) is 0 Å². The largest absolute Gasteiger partial charge is 0.491 e. The minimum Gasteiger partial charge on any atom is -0.491 e. The first-order chi connectivity index (χ1) is 8.19. The third kappa shape index (κ3) is 5.12. The fraction of sp³-hybridized carbons (Fsp3) is 0.462. The number of aryl methyl sites for hydroxylation is 2. The van der Waals surface area contributed by atoms with E-state index in [0.29, 0.717) is 6.61 Å². The van der Waals surface area contributed by atoms with Gasteiger partial charge in [0.15, 0.2) is 5.96 Å². The Morgan fingerprint density at radius 1 is 1.28 bits per heavy atom. The van der Waals surface area contributed by atoms with Gasteiger partial charge in [0.2, 0.25) is 0 Å². The van der Waals surface area contributed by atoms with Gasteiger partial charge < -0.3 is 15.4 Å². The first kappa shape index (κ1) is 17.0. The fourth-order valence-electron chi connectivity index (χ4n) is 1.63. The number of para-hydroxylation sites is 1. The number of aliphatic imine (C=N–C) groups is 1. The Hall–Kier alpha value is -0.980. The van der Waals surface area contributed by atoms with Crippen LogP contribution in [0.3, 0.4) is 0 Å². The summed E-state index contributed by atoms with van der Waals surface area (Å²) < 4.78 is 5.76. The summed E-state index contributed by atoms with van der Waals surface area (Å²) in [6.45, 7) is 5.46. The first-order valence-corrected chi connectivity index (χ1v) is 5.76. The van der Waals surface area contributed by atoms with Gasteiger partial charge in [-0.15, -0.1) is 24.0 Å². The second-order valence-corrected chi connectivity index (χ2v) is 3.82. The van der Waals surface area contributed by atoms with Crippen LogP contribution in [0.1, 0.15) is 11.1 Å². The zero-order valence-electron chi connectivity index (χ0n) is 11.4. The maximum absolute atomic E-state index is 5.76. The van der Waals surface area contributed by atoms with Crippen molar-refractivity contribution < 1.29 is 4.74 Å². The lowest BCUT2D eigenvalue weighted by atomic mass is 10.1. The lowest BCUT2D eigenvalue weighted by Crippen LogP contribution is -2.37. The third-order valence-electron chi connectivity index (χ3n) is 2.51. The maximum Gasteiger partial charge on any atom is 0.190 e. The number of nitrogens with one attached hydrogen (secondary N) is 2. The molecule has 0 aromatic heterocycles. The SMILES string of the molecule is CN=C(NC)NCCOc1c(C)cccc1C.I. The Morgan fingerprint density at radius 3 is 2.39 bits per heavy atom. The molecule has 0 spiro atoms. The van der Waals surface area contributed by atoms with E-state index in [9.17, 15) is 0 Å². The van der Waals surface area contributed by atoms with Crippen molar-refractivity contribution in [2.24, 2.45) is 4.99 Å². The van der Waals surface area contributed by atoms with Gasteiger partial charge in [0.05, 0.1) is 6.54 Å². The van der Waals surface area contributed by atoms with Crippen LogP contribution in [0.2, 0.25) is 0 Å². The second-order valence-electron chi connectivity index (χ2n) is 3.82. The summed E-state index contributed by atoms with van der Waals surface area (Å²) in [5.41, 5.74) is 2.34. The van der Waals surface area contributed by atoms with E-state index in [0.717, 1.165) is 18.3 Å². The molecule has 1 rings (SSSR count). The average molecular weight is 363 g/mol. The van der Waals surface area contributed by atoms with Crippen LogP contribution in [0, 0.1) is 13.8 Å². The number of nitrogens with zero attached hydrogens (tertiary/aromatic N) is 1. The minimum absolute atomic E-state index is 0. The molecule has 0 aliphatic rings. The van der Waals surface area contributed by atoms with Crippen LogP contribution in [-0.4, -0.2) is 33.2 Å². The number of benzene rings is 1. The van der Waals surface area contributed by atoms with E-state index in [1.165, 1.54) is 11.1 Å².